The maximum absolute atomic E-state index is 12.1. The largest absolute Gasteiger partial charge is 0.481 e. The average molecular weight is 329 g/mol. The minimum absolute atomic E-state index is 0.0547. The Bertz CT molecular complexity index is 693. The number of hydrogen-bond donors (Lipinski definition) is 2. The minimum atomic E-state index is -0.958. The van der Waals surface area contributed by atoms with E-state index in [-0.39, 0.29) is 18.9 Å². The van der Waals surface area contributed by atoms with E-state index in [9.17, 15) is 14.7 Å². The van der Waals surface area contributed by atoms with Gasteiger partial charge in [0.2, 0.25) is 5.91 Å². The summed E-state index contributed by atoms with van der Waals surface area (Å²) < 4.78 is 5.31. The molecule has 0 aliphatic heterocycles. The second-order valence-corrected chi connectivity index (χ2v) is 5.69. The molecule has 0 fully saturated rings. The minimum Gasteiger partial charge on any atom is -0.481 e. The van der Waals surface area contributed by atoms with Crippen LogP contribution in [0.4, 0.5) is 0 Å². The Hall–Kier alpha value is -2.40. The number of hydrogen-bond acceptors (Lipinski definition) is 3. The molecule has 128 valence electrons. The maximum atomic E-state index is 12.1. The molecular formula is C19H23NO4. The van der Waals surface area contributed by atoms with Gasteiger partial charge in [0.1, 0.15) is 6.61 Å². The van der Waals surface area contributed by atoms with Gasteiger partial charge >= 0.3 is 5.97 Å². The maximum Gasteiger partial charge on any atom is 0.305 e. The molecule has 5 heteroatoms. The van der Waals surface area contributed by atoms with E-state index in [0.29, 0.717) is 6.61 Å². The van der Waals surface area contributed by atoms with Gasteiger partial charge in [0.25, 0.3) is 0 Å². The summed E-state index contributed by atoms with van der Waals surface area (Å²) >= 11 is 0. The Kier molecular flexibility index (Phi) is 6.75. The normalized spacial score (nSPS) is 12.0. The van der Waals surface area contributed by atoms with Gasteiger partial charge in [-0.05, 0) is 22.8 Å². The first kappa shape index (κ1) is 17.9. The topological polar surface area (TPSA) is 75.6 Å². The van der Waals surface area contributed by atoms with Gasteiger partial charge in [-0.2, -0.15) is 0 Å². The molecule has 0 aliphatic rings. The summed E-state index contributed by atoms with van der Waals surface area (Å²) in [4.78, 5) is 23.3. The standard InChI is InChI=1S/C19H23NO4/c1-2-3-11-24-13-18(21)20-17(12-19(22)23)16-10-6-8-14-7-4-5-9-15(14)16/h4-10,17H,2-3,11-13H2,1H3,(H,20,21)(H,22,23)/t17-/m1/s1. The van der Waals surface area contributed by atoms with Crippen LogP contribution < -0.4 is 5.32 Å². The van der Waals surface area contributed by atoms with Crippen molar-refractivity contribution >= 4 is 22.6 Å². The number of amides is 1. The summed E-state index contributed by atoms with van der Waals surface area (Å²) in [6.45, 7) is 2.52. The highest BCUT2D eigenvalue weighted by Gasteiger charge is 2.20. The van der Waals surface area contributed by atoms with Gasteiger partial charge in [0, 0.05) is 6.61 Å². The zero-order chi connectivity index (χ0) is 17.4. The quantitative estimate of drug-likeness (QED) is 0.692. The predicted octanol–water partition coefficient (Wildman–Crippen LogP) is 3.29. The fourth-order valence-electron chi connectivity index (χ4n) is 2.61. The SMILES string of the molecule is CCCCOCC(=O)N[C@H](CC(=O)O)c1cccc2ccccc12. The first-order valence-electron chi connectivity index (χ1n) is 8.18. The van der Waals surface area contributed by atoms with E-state index < -0.39 is 12.0 Å². The van der Waals surface area contributed by atoms with Crippen molar-refractivity contribution in [2.45, 2.75) is 32.2 Å². The molecule has 1 atom stereocenters. The number of carboxylic acid groups (broad SMARTS) is 1. The number of nitrogens with one attached hydrogen (secondary N) is 1. The molecule has 0 saturated heterocycles. The number of carbonyl (C=O) groups excluding carboxylic acids is 1. The molecule has 2 N–H and O–H groups in total. The lowest BCUT2D eigenvalue weighted by Gasteiger charge is -2.19. The Balaban J connectivity index is 2.15. The van der Waals surface area contributed by atoms with E-state index in [1.807, 2.05) is 49.4 Å². The molecule has 2 aromatic carbocycles. The Morgan fingerprint density at radius 2 is 1.92 bits per heavy atom. The van der Waals surface area contributed by atoms with Crippen LogP contribution in [0.25, 0.3) is 10.8 Å². The number of rotatable bonds is 9. The number of benzene rings is 2. The van der Waals surface area contributed by atoms with Crippen molar-refractivity contribution in [3.05, 3.63) is 48.0 Å². The monoisotopic (exact) mass is 329 g/mol. The molecule has 0 radical (unpaired) electrons. The molecule has 0 aromatic heterocycles. The summed E-state index contributed by atoms with van der Waals surface area (Å²) in [6.07, 6.45) is 1.73. The van der Waals surface area contributed by atoms with Crippen LogP contribution in [0.15, 0.2) is 42.5 Å². The van der Waals surface area contributed by atoms with Crippen molar-refractivity contribution in [3.8, 4) is 0 Å². The second kappa shape index (κ2) is 9.03. The van der Waals surface area contributed by atoms with E-state index in [4.69, 9.17) is 4.74 Å². The molecule has 0 aliphatic carbocycles. The van der Waals surface area contributed by atoms with E-state index >= 15 is 0 Å². The number of unbranched alkanes of at least 4 members (excludes halogenated alkanes) is 1. The molecule has 1 amide bonds. The molecular weight excluding hydrogens is 306 g/mol. The van der Waals surface area contributed by atoms with Crippen molar-refractivity contribution in [2.75, 3.05) is 13.2 Å². The van der Waals surface area contributed by atoms with Crippen LogP contribution in [0.1, 0.15) is 37.8 Å². The van der Waals surface area contributed by atoms with Crippen LogP contribution in [-0.2, 0) is 14.3 Å². The lowest BCUT2D eigenvalue weighted by Crippen LogP contribution is -2.33. The zero-order valence-electron chi connectivity index (χ0n) is 13.8. The van der Waals surface area contributed by atoms with Crippen molar-refractivity contribution in [1.29, 1.82) is 0 Å². The van der Waals surface area contributed by atoms with Crippen molar-refractivity contribution < 1.29 is 19.4 Å². The van der Waals surface area contributed by atoms with Gasteiger partial charge in [-0.25, -0.2) is 0 Å². The lowest BCUT2D eigenvalue weighted by molar-refractivity contribution is -0.138. The van der Waals surface area contributed by atoms with Gasteiger partial charge < -0.3 is 15.2 Å². The van der Waals surface area contributed by atoms with Crippen LogP contribution in [-0.4, -0.2) is 30.2 Å². The molecule has 0 unspecified atom stereocenters. The van der Waals surface area contributed by atoms with Gasteiger partial charge in [-0.3, -0.25) is 9.59 Å². The van der Waals surface area contributed by atoms with E-state index in [1.54, 1.807) is 0 Å². The lowest BCUT2D eigenvalue weighted by atomic mass is 9.96. The highest BCUT2D eigenvalue weighted by atomic mass is 16.5. The van der Waals surface area contributed by atoms with Crippen molar-refractivity contribution in [3.63, 3.8) is 0 Å². The highest BCUT2D eigenvalue weighted by Crippen LogP contribution is 2.26. The van der Waals surface area contributed by atoms with E-state index in [2.05, 4.69) is 5.32 Å². The molecule has 2 rings (SSSR count). The number of carbonyl (C=O) groups is 2. The molecule has 2 aromatic rings. The highest BCUT2D eigenvalue weighted by molar-refractivity contribution is 5.87. The number of carboxylic acids is 1. The molecule has 0 saturated carbocycles. The van der Waals surface area contributed by atoms with Crippen molar-refractivity contribution in [2.24, 2.45) is 0 Å². The van der Waals surface area contributed by atoms with Crippen LogP contribution in [0, 0.1) is 0 Å². The fraction of sp³-hybridized carbons (Fsp3) is 0.368. The summed E-state index contributed by atoms with van der Waals surface area (Å²) in [6, 6.07) is 12.8. The average Bonchev–Trinajstić information content (AvgIpc) is 2.57. The first-order chi connectivity index (χ1) is 11.6. The molecule has 0 bridgehead atoms. The third kappa shape index (κ3) is 5.06. The van der Waals surface area contributed by atoms with Crippen LogP contribution >= 0.6 is 0 Å². The van der Waals surface area contributed by atoms with Gasteiger partial charge in [0.15, 0.2) is 0 Å². The Labute approximate surface area is 141 Å². The van der Waals surface area contributed by atoms with Gasteiger partial charge in [0.05, 0.1) is 12.5 Å². The third-order valence-electron chi connectivity index (χ3n) is 3.79. The summed E-state index contributed by atoms with van der Waals surface area (Å²) in [7, 11) is 0. The molecule has 0 spiro atoms. The smallest absolute Gasteiger partial charge is 0.305 e. The second-order valence-electron chi connectivity index (χ2n) is 5.69. The molecule has 0 heterocycles. The van der Waals surface area contributed by atoms with E-state index in [1.165, 1.54) is 0 Å². The van der Waals surface area contributed by atoms with Crippen LogP contribution in [0.2, 0.25) is 0 Å². The van der Waals surface area contributed by atoms with Crippen LogP contribution in [0.5, 0.6) is 0 Å². The van der Waals surface area contributed by atoms with Crippen molar-refractivity contribution in [1.82, 2.24) is 5.32 Å². The number of ether oxygens (including phenoxy) is 1. The fourth-order valence-corrected chi connectivity index (χ4v) is 2.61. The number of fused-ring (bicyclic) bond motifs is 1. The van der Waals surface area contributed by atoms with E-state index in [0.717, 1.165) is 29.2 Å². The predicted molar refractivity (Wildman–Crippen MR) is 92.8 cm³/mol. The Morgan fingerprint density at radius 1 is 1.17 bits per heavy atom. The number of aliphatic carboxylic acids is 1. The zero-order valence-corrected chi connectivity index (χ0v) is 13.8. The Morgan fingerprint density at radius 3 is 2.67 bits per heavy atom. The first-order valence-corrected chi connectivity index (χ1v) is 8.18. The molecule has 5 nitrogen and oxygen atoms in total. The third-order valence-corrected chi connectivity index (χ3v) is 3.79. The molecule has 24 heavy (non-hydrogen) atoms. The van der Waals surface area contributed by atoms with Crippen LogP contribution in [0.3, 0.4) is 0 Å². The summed E-state index contributed by atoms with van der Waals surface area (Å²) in [5.74, 6) is -1.26. The summed E-state index contributed by atoms with van der Waals surface area (Å²) in [5, 5.41) is 13.9. The summed E-state index contributed by atoms with van der Waals surface area (Å²) in [5.41, 5.74) is 0.803. The van der Waals surface area contributed by atoms with Gasteiger partial charge in [-0.15, -0.1) is 0 Å². The van der Waals surface area contributed by atoms with Gasteiger partial charge in [-0.1, -0.05) is 55.8 Å².